The standard InChI is InChI=1S/C16H18N6O/c17-6-4-13(3-1-2-8-23)22-10-12(9-21-22)15-14-5-7-18-16(14)20-11-19-15/h5,7,9-11,13,23H,1-4,8H2,(H,18,19,20)/t13-/m1/s1. The molecule has 0 fully saturated rings. The van der Waals surface area contributed by atoms with Gasteiger partial charge >= 0.3 is 0 Å². The minimum absolute atomic E-state index is 0.0175. The molecule has 0 spiro atoms. The van der Waals surface area contributed by atoms with Gasteiger partial charge in [-0.25, -0.2) is 9.97 Å². The first kappa shape index (κ1) is 15.2. The number of hydrogen-bond acceptors (Lipinski definition) is 5. The molecule has 0 bridgehead atoms. The number of hydrogen-bond donors (Lipinski definition) is 2. The topological polar surface area (TPSA) is 103 Å². The average Bonchev–Trinajstić information content (AvgIpc) is 3.23. The van der Waals surface area contributed by atoms with Crippen molar-refractivity contribution in [2.45, 2.75) is 31.7 Å². The molecule has 0 aliphatic rings. The van der Waals surface area contributed by atoms with Gasteiger partial charge in [0.2, 0.25) is 0 Å². The molecule has 3 aromatic heterocycles. The molecule has 3 heterocycles. The second-order valence-corrected chi connectivity index (χ2v) is 5.41. The van der Waals surface area contributed by atoms with Crippen molar-refractivity contribution in [3.8, 4) is 17.3 Å². The highest BCUT2D eigenvalue weighted by Crippen LogP contribution is 2.26. The Bertz CT molecular complexity index is 815. The van der Waals surface area contributed by atoms with Crippen LogP contribution >= 0.6 is 0 Å². The van der Waals surface area contributed by atoms with Crippen molar-refractivity contribution in [1.82, 2.24) is 24.7 Å². The first-order valence-electron chi connectivity index (χ1n) is 7.64. The number of nitrogens with one attached hydrogen (secondary N) is 1. The van der Waals surface area contributed by atoms with Gasteiger partial charge in [-0.05, 0) is 25.3 Å². The Balaban J connectivity index is 1.86. The van der Waals surface area contributed by atoms with Crippen LogP contribution in [0.4, 0.5) is 0 Å². The molecule has 3 rings (SSSR count). The molecule has 0 amide bonds. The summed E-state index contributed by atoms with van der Waals surface area (Å²) in [6.07, 6.45) is 9.88. The van der Waals surface area contributed by atoms with Crippen LogP contribution in [0.15, 0.2) is 31.0 Å². The van der Waals surface area contributed by atoms with E-state index >= 15 is 0 Å². The molecular weight excluding hydrogens is 292 g/mol. The summed E-state index contributed by atoms with van der Waals surface area (Å²) in [7, 11) is 0. The SMILES string of the molecule is N#CC[C@@H](CCCCO)n1cc(-c2ncnc3[nH]ccc23)cn1. The molecule has 2 N–H and O–H groups in total. The third-order valence-electron chi connectivity index (χ3n) is 3.88. The lowest BCUT2D eigenvalue weighted by molar-refractivity contribution is 0.276. The minimum atomic E-state index is 0.0175. The molecule has 7 heteroatoms. The van der Waals surface area contributed by atoms with Crippen LogP contribution in [0.1, 0.15) is 31.7 Å². The smallest absolute Gasteiger partial charge is 0.141 e. The molecular formula is C16H18N6O. The van der Waals surface area contributed by atoms with E-state index in [2.05, 4.69) is 26.1 Å². The van der Waals surface area contributed by atoms with Crippen molar-refractivity contribution < 1.29 is 5.11 Å². The van der Waals surface area contributed by atoms with Crippen LogP contribution in [0, 0.1) is 11.3 Å². The summed E-state index contributed by atoms with van der Waals surface area (Å²) in [5.41, 5.74) is 2.52. The Labute approximate surface area is 133 Å². The fourth-order valence-corrected chi connectivity index (χ4v) is 2.69. The van der Waals surface area contributed by atoms with E-state index in [1.807, 2.05) is 23.1 Å². The zero-order valence-electron chi connectivity index (χ0n) is 12.7. The van der Waals surface area contributed by atoms with Crippen LogP contribution in [0.2, 0.25) is 0 Å². The van der Waals surface area contributed by atoms with E-state index in [0.717, 1.165) is 41.6 Å². The number of H-pyrrole nitrogens is 1. The van der Waals surface area contributed by atoms with E-state index in [0.29, 0.717) is 6.42 Å². The third-order valence-corrected chi connectivity index (χ3v) is 3.88. The van der Waals surface area contributed by atoms with Crippen molar-refractivity contribution in [2.24, 2.45) is 0 Å². The van der Waals surface area contributed by atoms with E-state index in [9.17, 15) is 0 Å². The lowest BCUT2D eigenvalue weighted by Crippen LogP contribution is -2.09. The maximum atomic E-state index is 9.03. The van der Waals surface area contributed by atoms with Crippen molar-refractivity contribution in [2.75, 3.05) is 6.61 Å². The molecule has 0 aliphatic carbocycles. The molecule has 118 valence electrons. The summed E-state index contributed by atoms with van der Waals surface area (Å²) >= 11 is 0. The molecule has 0 aliphatic heterocycles. The van der Waals surface area contributed by atoms with Crippen molar-refractivity contribution in [3.63, 3.8) is 0 Å². The van der Waals surface area contributed by atoms with Crippen molar-refractivity contribution in [1.29, 1.82) is 5.26 Å². The van der Waals surface area contributed by atoms with Gasteiger partial charge in [-0.3, -0.25) is 4.68 Å². The molecule has 23 heavy (non-hydrogen) atoms. The molecule has 0 saturated heterocycles. The second kappa shape index (κ2) is 7.03. The zero-order valence-corrected chi connectivity index (χ0v) is 12.7. The predicted molar refractivity (Wildman–Crippen MR) is 85.3 cm³/mol. The highest BCUT2D eigenvalue weighted by atomic mass is 16.2. The zero-order chi connectivity index (χ0) is 16.1. The largest absolute Gasteiger partial charge is 0.396 e. The first-order chi connectivity index (χ1) is 11.3. The van der Waals surface area contributed by atoms with Crippen molar-refractivity contribution >= 4 is 11.0 Å². The number of aliphatic hydroxyl groups excluding tert-OH is 1. The number of aromatic amines is 1. The van der Waals surface area contributed by atoms with Gasteiger partial charge in [0.15, 0.2) is 0 Å². The van der Waals surface area contributed by atoms with Crippen LogP contribution in [0.3, 0.4) is 0 Å². The van der Waals surface area contributed by atoms with Gasteiger partial charge < -0.3 is 10.1 Å². The lowest BCUT2D eigenvalue weighted by Gasteiger charge is -2.13. The minimum Gasteiger partial charge on any atom is -0.396 e. The number of rotatable bonds is 7. The van der Waals surface area contributed by atoms with Gasteiger partial charge in [-0.15, -0.1) is 0 Å². The quantitative estimate of drug-likeness (QED) is 0.652. The second-order valence-electron chi connectivity index (χ2n) is 5.41. The van der Waals surface area contributed by atoms with E-state index in [1.165, 1.54) is 6.33 Å². The van der Waals surface area contributed by atoms with E-state index in [4.69, 9.17) is 10.4 Å². The molecule has 0 radical (unpaired) electrons. The van der Waals surface area contributed by atoms with E-state index in [-0.39, 0.29) is 12.6 Å². The Morgan fingerprint density at radius 2 is 2.26 bits per heavy atom. The molecule has 0 aromatic carbocycles. The lowest BCUT2D eigenvalue weighted by atomic mass is 10.1. The number of unbranched alkanes of at least 4 members (excludes halogenated alkanes) is 1. The molecule has 0 unspecified atom stereocenters. The molecule has 0 saturated carbocycles. The summed E-state index contributed by atoms with van der Waals surface area (Å²) in [4.78, 5) is 11.6. The highest BCUT2D eigenvalue weighted by molar-refractivity contribution is 5.89. The van der Waals surface area contributed by atoms with Crippen LogP contribution < -0.4 is 0 Å². The predicted octanol–water partition coefficient (Wildman–Crippen LogP) is 2.44. The highest BCUT2D eigenvalue weighted by Gasteiger charge is 2.14. The molecule has 1 atom stereocenters. The van der Waals surface area contributed by atoms with Crippen LogP contribution in [0.5, 0.6) is 0 Å². The van der Waals surface area contributed by atoms with Gasteiger partial charge in [0.1, 0.15) is 12.0 Å². The van der Waals surface area contributed by atoms with Gasteiger partial charge in [0.05, 0.1) is 30.4 Å². The average molecular weight is 310 g/mol. The Morgan fingerprint density at radius 3 is 3.09 bits per heavy atom. The monoisotopic (exact) mass is 310 g/mol. The number of nitrogens with zero attached hydrogens (tertiary/aromatic N) is 5. The number of aliphatic hydroxyl groups is 1. The fourth-order valence-electron chi connectivity index (χ4n) is 2.69. The third kappa shape index (κ3) is 3.22. The van der Waals surface area contributed by atoms with Gasteiger partial charge in [0, 0.05) is 30.0 Å². The van der Waals surface area contributed by atoms with Gasteiger partial charge in [0.25, 0.3) is 0 Å². The van der Waals surface area contributed by atoms with Gasteiger partial charge in [-0.1, -0.05) is 0 Å². The summed E-state index contributed by atoms with van der Waals surface area (Å²) in [6, 6.07) is 4.17. The van der Waals surface area contributed by atoms with Crippen LogP contribution in [-0.4, -0.2) is 36.4 Å². The normalized spacial score (nSPS) is 12.3. The maximum absolute atomic E-state index is 9.03. The van der Waals surface area contributed by atoms with Crippen LogP contribution in [-0.2, 0) is 0 Å². The summed E-state index contributed by atoms with van der Waals surface area (Å²) < 4.78 is 1.83. The summed E-state index contributed by atoms with van der Waals surface area (Å²) in [6.45, 7) is 0.177. The van der Waals surface area contributed by atoms with E-state index in [1.54, 1.807) is 6.20 Å². The fraction of sp³-hybridized carbons (Fsp3) is 0.375. The Kier molecular flexibility index (Phi) is 4.64. The van der Waals surface area contributed by atoms with Crippen molar-refractivity contribution in [3.05, 3.63) is 31.0 Å². The Morgan fingerprint density at radius 1 is 1.35 bits per heavy atom. The number of fused-ring (bicyclic) bond motifs is 1. The Hall–Kier alpha value is -2.72. The first-order valence-corrected chi connectivity index (χ1v) is 7.64. The number of aromatic nitrogens is 5. The van der Waals surface area contributed by atoms with Gasteiger partial charge in [-0.2, -0.15) is 10.4 Å². The van der Waals surface area contributed by atoms with E-state index < -0.39 is 0 Å². The molecule has 7 nitrogen and oxygen atoms in total. The number of nitriles is 1. The van der Waals surface area contributed by atoms with Crippen LogP contribution in [0.25, 0.3) is 22.3 Å². The summed E-state index contributed by atoms with van der Waals surface area (Å²) in [5.74, 6) is 0. The maximum Gasteiger partial charge on any atom is 0.141 e. The molecule has 3 aromatic rings. The summed E-state index contributed by atoms with van der Waals surface area (Å²) in [5, 5.41) is 23.3.